The normalized spacial score (nSPS) is 10.6. The van der Waals surface area contributed by atoms with E-state index in [1.165, 1.54) is 35.6 Å². The predicted molar refractivity (Wildman–Crippen MR) is 98.2 cm³/mol. The quantitative estimate of drug-likeness (QED) is 0.849. The molecule has 4 nitrogen and oxygen atoms in total. The van der Waals surface area contributed by atoms with Crippen molar-refractivity contribution < 1.29 is 14.0 Å². The van der Waals surface area contributed by atoms with Gasteiger partial charge in [0.05, 0.1) is 0 Å². The molecule has 1 N–H and O–H groups in total. The summed E-state index contributed by atoms with van der Waals surface area (Å²) in [4.78, 5) is 25.3. The van der Waals surface area contributed by atoms with Crippen LogP contribution < -0.4 is 10.2 Å². The van der Waals surface area contributed by atoms with Crippen molar-refractivity contribution in [2.24, 2.45) is 0 Å². The first-order chi connectivity index (χ1) is 11.9. The smallest absolute Gasteiger partial charge is 0.226 e. The van der Waals surface area contributed by atoms with Crippen molar-refractivity contribution in [2.75, 3.05) is 16.8 Å². The lowest BCUT2D eigenvalue weighted by molar-refractivity contribution is -0.117. The maximum absolute atomic E-state index is 13.3. The lowest BCUT2D eigenvalue weighted by Gasteiger charge is -2.21. The molecule has 0 heterocycles. The number of hydrogen-bond acceptors (Lipinski definition) is 2. The molecule has 0 aromatic heterocycles. The van der Waals surface area contributed by atoms with Gasteiger partial charge in [0.1, 0.15) is 5.82 Å². The largest absolute Gasteiger partial charge is 0.326 e. The van der Waals surface area contributed by atoms with Gasteiger partial charge in [-0.1, -0.05) is 32.0 Å². The highest BCUT2D eigenvalue weighted by atomic mass is 19.1. The van der Waals surface area contributed by atoms with E-state index in [0.29, 0.717) is 11.6 Å². The van der Waals surface area contributed by atoms with Crippen LogP contribution in [0.25, 0.3) is 0 Å². The fourth-order valence-electron chi connectivity index (χ4n) is 2.50. The van der Waals surface area contributed by atoms with Gasteiger partial charge in [0, 0.05) is 31.3 Å². The summed E-state index contributed by atoms with van der Waals surface area (Å²) in [5.74, 6) is -0.418. The van der Waals surface area contributed by atoms with Gasteiger partial charge in [0.15, 0.2) is 0 Å². The highest BCUT2D eigenvalue weighted by molar-refractivity contribution is 5.94. The summed E-state index contributed by atoms with van der Waals surface area (Å²) in [6, 6.07) is 13.5. The molecule has 0 saturated carbocycles. The van der Waals surface area contributed by atoms with E-state index in [1.54, 1.807) is 6.07 Å². The molecule has 0 bridgehead atoms. The summed E-state index contributed by atoms with van der Waals surface area (Å²) in [5.41, 5.74) is 2.36. The van der Waals surface area contributed by atoms with Crippen LogP contribution in [0.2, 0.25) is 0 Å². The Morgan fingerprint density at radius 3 is 2.36 bits per heavy atom. The van der Waals surface area contributed by atoms with Gasteiger partial charge in [-0.15, -0.1) is 0 Å². The number of carbonyl (C=O) groups excluding carboxylic acids is 2. The zero-order valence-electron chi connectivity index (χ0n) is 14.8. The summed E-state index contributed by atoms with van der Waals surface area (Å²) < 4.78 is 13.3. The van der Waals surface area contributed by atoms with E-state index in [2.05, 4.69) is 19.2 Å². The summed E-state index contributed by atoms with van der Waals surface area (Å²) in [7, 11) is 0. The molecule has 0 spiro atoms. The summed E-state index contributed by atoms with van der Waals surface area (Å²) in [5, 5.41) is 2.81. The van der Waals surface area contributed by atoms with Gasteiger partial charge in [-0.25, -0.2) is 4.39 Å². The zero-order valence-corrected chi connectivity index (χ0v) is 14.8. The first-order valence-electron chi connectivity index (χ1n) is 8.30. The summed E-state index contributed by atoms with van der Waals surface area (Å²) in [6.45, 7) is 5.80. The van der Waals surface area contributed by atoms with E-state index in [0.717, 1.165) is 5.69 Å². The molecule has 132 valence electrons. The van der Waals surface area contributed by atoms with Gasteiger partial charge in [-0.3, -0.25) is 9.59 Å². The van der Waals surface area contributed by atoms with Crippen molar-refractivity contribution >= 4 is 23.2 Å². The molecule has 2 rings (SSSR count). The molecule has 2 aromatic carbocycles. The molecule has 0 radical (unpaired) electrons. The molecular weight excluding hydrogens is 319 g/mol. The molecule has 0 aliphatic rings. The van der Waals surface area contributed by atoms with Crippen molar-refractivity contribution in [1.82, 2.24) is 0 Å². The van der Waals surface area contributed by atoms with E-state index in [1.807, 2.05) is 24.3 Å². The highest BCUT2D eigenvalue weighted by Crippen LogP contribution is 2.18. The maximum atomic E-state index is 13.3. The van der Waals surface area contributed by atoms with Crippen LogP contribution in [0, 0.1) is 5.82 Å². The molecule has 0 aliphatic carbocycles. The van der Waals surface area contributed by atoms with E-state index >= 15 is 0 Å². The molecule has 0 aliphatic heterocycles. The first-order valence-corrected chi connectivity index (χ1v) is 8.30. The molecule has 0 unspecified atom stereocenters. The molecule has 0 saturated heterocycles. The number of anilines is 2. The second kappa shape index (κ2) is 8.42. The van der Waals surface area contributed by atoms with Crippen LogP contribution in [0.15, 0.2) is 48.5 Å². The highest BCUT2D eigenvalue weighted by Gasteiger charge is 2.14. The van der Waals surface area contributed by atoms with E-state index in [9.17, 15) is 14.0 Å². The van der Waals surface area contributed by atoms with E-state index in [-0.39, 0.29) is 24.8 Å². The number of amides is 2. The number of rotatable bonds is 6. The van der Waals surface area contributed by atoms with Crippen LogP contribution >= 0.6 is 0 Å². The fourth-order valence-corrected chi connectivity index (χ4v) is 2.50. The SMILES string of the molecule is CC(=O)N(CCC(=O)Nc1ccc(C(C)C)cc1)c1cccc(F)c1. The Morgan fingerprint density at radius 1 is 1.12 bits per heavy atom. The second-order valence-corrected chi connectivity index (χ2v) is 6.23. The lowest BCUT2D eigenvalue weighted by Crippen LogP contribution is -2.32. The predicted octanol–water partition coefficient (Wildman–Crippen LogP) is 4.33. The van der Waals surface area contributed by atoms with Crippen molar-refractivity contribution in [3.8, 4) is 0 Å². The third-order valence-electron chi connectivity index (χ3n) is 3.92. The minimum atomic E-state index is -0.418. The summed E-state index contributed by atoms with van der Waals surface area (Å²) >= 11 is 0. The number of carbonyl (C=O) groups is 2. The van der Waals surface area contributed by atoms with Crippen LogP contribution in [-0.4, -0.2) is 18.4 Å². The number of hydrogen-bond donors (Lipinski definition) is 1. The molecular formula is C20H23FN2O2. The molecule has 25 heavy (non-hydrogen) atoms. The Bertz CT molecular complexity index is 742. The van der Waals surface area contributed by atoms with Crippen molar-refractivity contribution in [1.29, 1.82) is 0 Å². The van der Waals surface area contributed by atoms with E-state index < -0.39 is 5.82 Å². The van der Waals surface area contributed by atoms with Crippen molar-refractivity contribution in [3.63, 3.8) is 0 Å². The minimum Gasteiger partial charge on any atom is -0.326 e. The Labute approximate surface area is 147 Å². The molecule has 2 amide bonds. The van der Waals surface area contributed by atoms with Gasteiger partial charge in [0.25, 0.3) is 0 Å². The van der Waals surface area contributed by atoms with Crippen molar-refractivity contribution in [2.45, 2.75) is 33.1 Å². The molecule has 0 fully saturated rings. The monoisotopic (exact) mass is 342 g/mol. The van der Waals surface area contributed by atoms with E-state index in [4.69, 9.17) is 0 Å². The number of nitrogens with one attached hydrogen (secondary N) is 1. The van der Waals surface area contributed by atoms with Gasteiger partial charge >= 0.3 is 0 Å². The van der Waals surface area contributed by atoms with Gasteiger partial charge in [0.2, 0.25) is 11.8 Å². The second-order valence-electron chi connectivity index (χ2n) is 6.23. The van der Waals surface area contributed by atoms with Gasteiger partial charge in [-0.2, -0.15) is 0 Å². The Hall–Kier alpha value is -2.69. The zero-order chi connectivity index (χ0) is 18.4. The Morgan fingerprint density at radius 2 is 1.80 bits per heavy atom. The van der Waals surface area contributed by atoms with Gasteiger partial charge in [-0.05, 0) is 41.8 Å². The number of halogens is 1. The average molecular weight is 342 g/mol. The standard InChI is InChI=1S/C20H23FN2O2/c1-14(2)16-7-9-18(10-8-16)22-20(25)11-12-23(15(3)24)19-6-4-5-17(21)13-19/h4-10,13-14H,11-12H2,1-3H3,(H,22,25). The number of benzene rings is 2. The molecule has 5 heteroatoms. The average Bonchev–Trinajstić information content (AvgIpc) is 2.55. The Kier molecular flexibility index (Phi) is 6.28. The molecule has 0 atom stereocenters. The van der Waals surface area contributed by atoms with Crippen molar-refractivity contribution in [3.05, 3.63) is 59.9 Å². The van der Waals surface area contributed by atoms with Crippen LogP contribution in [0.4, 0.5) is 15.8 Å². The van der Waals surface area contributed by atoms with Crippen LogP contribution in [0.3, 0.4) is 0 Å². The fraction of sp³-hybridized carbons (Fsp3) is 0.300. The maximum Gasteiger partial charge on any atom is 0.226 e. The first kappa shape index (κ1) is 18.6. The lowest BCUT2D eigenvalue weighted by atomic mass is 10.0. The van der Waals surface area contributed by atoms with Crippen LogP contribution in [0.5, 0.6) is 0 Å². The van der Waals surface area contributed by atoms with Gasteiger partial charge < -0.3 is 10.2 Å². The Balaban J connectivity index is 1.96. The topological polar surface area (TPSA) is 49.4 Å². The third kappa shape index (κ3) is 5.41. The van der Waals surface area contributed by atoms with Crippen LogP contribution in [0.1, 0.15) is 38.7 Å². The van der Waals surface area contributed by atoms with Crippen LogP contribution in [-0.2, 0) is 9.59 Å². The molecule has 2 aromatic rings. The number of nitrogens with zero attached hydrogens (tertiary/aromatic N) is 1. The summed E-state index contributed by atoms with van der Waals surface area (Å²) in [6.07, 6.45) is 0.127. The minimum absolute atomic E-state index is 0.127. The third-order valence-corrected chi connectivity index (χ3v) is 3.92.